The van der Waals surface area contributed by atoms with Crippen LogP contribution in [0.15, 0.2) is 0 Å². The molecule has 1 heteroatoms. The molecule has 1 atom stereocenters. The molecule has 1 aliphatic carbocycles. The highest BCUT2D eigenvalue weighted by Crippen LogP contribution is 2.36. The molecular formula is C14H28O. The molecule has 1 aliphatic rings. The topological polar surface area (TPSA) is 20.2 Å². The van der Waals surface area contributed by atoms with Gasteiger partial charge in [-0.3, -0.25) is 0 Å². The Balaban J connectivity index is 1.87. The van der Waals surface area contributed by atoms with Crippen molar-refractivity contribution >= 4 is 0 Å². The van der Waals surface area contributed by atoms with Gasteiger partial charge in [0.25, 0.3) is 0 Å². The minimum absolute atomic E-state index is 0.422. The molecule has 0 aromatic carbocycles. The maximum absolute atomic E-state index is 9.24. The van der Waals surface area contributed by atoms with Gasteiger partial charge in [0.15, 0.2) is 0 Å². The van der Waals surface area contributed by atoms with Crippen molar-refractivity contribution in [2.75, 3.05) is 6.61 Å². The highest BCUT2D eigenvalue weighted by Gasteiger charge is 2.24. The van der Waals surface area contributed by atoms with Crippen LogP contribution in [0.1, 0.15) is 71.1 Å². The monoisotopic (exact) mass is 212 g/mol. The molecule has 0 saturated heterocycles. The van der Waals surface area contributed by atoms with Gasteiger partial charge >= 0.3 is 0 Å². The second-order valence-electron chi connectivity index (χ2n) is 5.28. The van der Waals surface area contributed by atoms with Gasteiger partial charge in [0.1, 0.15) is 0 Å². The number of rotatable bonds is 10. The molecule has 1 N–H and O–H groups in total. The molecule has 1 rings (SSSR count). The summed E-state index contributed by atoms with van der Waals surface area (Å²) in [6.45, 7) is 2.68. The maximum atomic E-state index is 9.24. The first kappa shape index (κ1) is 13.0. The summed E-state index contributed by atoms with van der Waals surface area (Å²) in [5.74, 6) is 1.59. The number of unbranched alkanes of at least 4 members (excludes halogenated alkanes) is 5. The lowest BCUT2D eigenvalue weighted by molar-refractivity contribution is 0.202. The average Bonchev–Trinajstić information content (AvgIpc) is 3.05. The average molecular weight is 212 g/mol. The molecule has 15 heavy (non-hydrogen) atoms. The highest BCUT2D eigenvalue weighted by molar-refractivity contribution is 4.76. The molecule has 1 nitrogen and oxygen atoms in total. The van der Waals surface area contributed by atoms with Crippen molar-refractivity contribution in [3.05, 3.63) is 0 Å². The Hall–Kier alpha value is -0.0400. The van der Waals surface area contributed by atoms with Crippen LogP contribution in [0.25, 0.3) is 0 Å². The Morgan fingerprint density at radius 2 is 1.73 bits per heavy atom. The fraction of sp³-hybridized carbons (Fsp3) is 1.00. The van der Waals surface area contributed by atoms with E-state index < -0.39 is 0 Å². The number of aliphatic hydroxyl groups excluding tert-OH is 1. The van der Waals surface area contributed by atoms with Crippen LogP contribution in [-0.2, 0) is 0 Å². The summed E-state index contributed by atoms with van der Waals surface area (Å²) in [6, 6.07) is 0. The van der Waals surface area contributed by atoms with E-state index in [4.69, 9.17) is 0 Å². The lowest BCUT2D eigenvalue weighted by atomic mass is 9.96. The zero-order valence-electron chi connectivity index (χ0n) is 10.4. The number of aliphatic hydroxyl groups is 1. The predicted octanol–water partition coefficient (Wildman–Crippen LogP) is 4.15. The van der Waals surface area contributed by atoms with Gasteiger partial charge < -0.3 is 5.11 Å². The third-order valence-corrected chi connectivity index (χ3v) is 3.59. The van der Waals surface area contributed by atoms with Crippen LogP contribution in [0.3, 0.4) is 0 Å². The van der Waals surface area contributed by atoms with Crippen molar-refractivity contribution in [1.29, 1.82) is 0 Å². The first-order valence-corrected chi connectivity index (χ1v) is 6.97. The normalized spacial score (nSPS) is 18.0. The summed E-state index contributed by atoms with van der Waals surface area (Å²) >= 11 is 0. The van der Waals surface area contributed by atoms with Crippen LogP contribution in [0.4, 0.5) is 0 Å². The quantitative estimate of drug-likeness (QED) is 0.539. The van der Waals surface area contributed by atoms with Crippen LogP contribution in [0.2, 0.25) is 0 Å². The Labute approximate surface area is 95.3 Å². The van der Waals surface area contributed by atoms with Crippen LogP contribution < -0.4 is 0 Å². The smallest absolute Gasteiger partial charge is 0.0459 e. The molecule has 1 saturated carbocycles. The Morgan fingerprint density at radius 1 is 1.07 bits per heavy atom. The maximum Gasteiger partial charge on any atom is 0.0459 e. The van der Waals surface area contributed by atoms with E-state index in [9.17, 15) is 5.11 Å². The summed E-state index contributed by atoms with van der Waals surface area (Å²) < 4.78 is 0. The van der Waals surface area contributed by atoms with Gasteiger partial charge in [-0.05, 0) is 24.7 Å². The third-order valence-electron chi connectivity index (χ3n) is 3.59. The minimum atomic E-state index is 0.422. The zero-order valence-corrected chi connectivity index (χ0v) is 10.4. The molecule has 0 radical (unpaired) electrons. The van der Waals surface area contributed by atoms with Gasteiger partial charge in [-0.1, -0.05) is 58.3 Å². The Bertz CT molecular complexity index is 140. The van der Waals surface area contributed by atoms with Gasteiger partial charge in [0.05, 0.1) is 0 Å². The van der Waals surface area contributed by atoms with Gasteiger partial charge in [0, 0.05) is 6.61 Å². The SMILES string of the molecule is CCCCCCCCC(CO)CC1CC1. The van der Waals surface area contributed by atoms with E-state index >= 15 is 0 Å². The van der Waals surface area contributed by atoms with E-state index in [1.807, 2.05) is 0 Å². The lowest BCUT2D eigenvalue weighted by Crippen LogP contribution is -2.06. The Morgan fingerprint density at radius 3 is 2.33 bits per heavy atom. The Kier molecular flexibility index (Phi) is 7.08. The molecule has 90 valence electrons. The van der Waals surface area contributed by atoms with Crippen molar-refractivity contribution in [1.82, 2.24) is 0 Å². The molecule has 1 fully saturated rings. The lowest BCUT2D eigenvalue weighted by Gasteiger charge is -2.12. The van der Waals surface area contributed by atoms with E-state index in [0.717, 1.165) is 5.92 Å². The van der Waals surface area contributed by atoms with E-state index in [1.54, 1.807) is 0 Å². The van der Waals surface area contributed by atoms with Gasteiger partial charge in [0.2, 0.25) is 0 Å². The fourth-order valence-corrected chi connectivity index (χ4v) is 2.32. The molecular weight excluding hydrogens is 184 g/mol. The van der Waals surface area contributed by atoms with Crippen LogP contribution in [0.5, 0.6) is 0 Å². The van der Waals surface area contributed by atoms with Crippen LogP contribution in [-0.4, -0.2) is 11.7 Å². The van der Waals surface area contributed by atoms with Crippen molar-refractivity contribution < 1.29 is 5.11 Å². The summed E-state index contributed by atoms with van der Waals surface area (Å²) in [4.78, 5) is 0. The summed E-state index contributed by atoms with van der Waals surface area (Å²) in [5, 5.41) is 9.24. The standard InChI is InChI=1S/C14H28O/c1-2-3-4-5-6-7-8-14(12-15)11-13-9-10-13/h13-15H,2-12H2,1H3. The van der Waals surface area contributed by atoms with Crippen LogP contribution in [0, 0.1) is 11.8 Å². The zero-order chi connectivity index (χ0) is 10.9. The largest absolute Gasteiger partial charge is 0.396 e. The number of hydrogen-bond donors (Lipinski definition) is 1. The first-order chi connectivity index (χ1) is 7.36. The fourth-order valence-electron chi connectivity index (χ4n) is 2.32. The molecule has 0 aromatic heterocycles. The number of hydrogen-bond acceptors (Lipinski definition) is 1. The summed E-state index contributed by atoms with van der Waals surface area (Å²) in [5.41, 5.74) is 0. The molecule has 0 heterocycles. The third kappa shape index (κ3) is 6.94. The van der Waals surface area contributed by atoms with Crippen molar-refractivity contribution in [3.63, 3.8) is 0 Å². The molecule has 0 bridgehead atoms. The molecule has 0 spiro atoms. The highest BCUT2D eigenvalue weighted by atomic mass is 16.3. The summed E-state index contributed by atoms with van der Waals surface area (Å²) in [6.07, 6.45) is 13.7. The second kappa shape index (κ2) is 8.15. The van der Waals surface area contributed by atoms with Gasteiger partial charge in [-0.2, -0.15) is 0 Å². The molecule has 0 aromatic rings. The van der Waals surface area contributed by atoms with E-state index in [0.29, 0.717) is 12.5 Å². The minimum Gasteiger partial charge on any atom is -0.396 e. The molecule has 0 aliphatic heterocycles. The van der Waals surface area contributed by atoms with Crippen LogP contribution >= 0.6 is 0 Å². The van der Waals surface area contributed by atoms with E-state index in [-0.39, 0.29) is 0 Å². The van der Waals surface area contributed by atoms with E-state index in [2.05, 4.69) is 6.92 Å². The van der Waals surface area contributed by atoms with Gasteiger partial charge in [-0.25, -0.2) is 0 Å². The van der Waals surface area contributed by atoms with Gasteiger partial charge in [-0.15, -0.1) is 0 Å². The molecule has 0 amide bonds. The van der Waals surface area contributed by atoms with Crippen molar-refractivity contribution in [3.8, 4) is 0 Å². The van der Waals surface area contributed by atoms with Crippen molar-refractivity contribution in [2.24, 2.45) is 11.8 Å². The van der Waals surface area contributed by atoms with E-state index in [1.165, 1.54) is 64.2 Å². The predicted molar refractivity (Wildman–Crippen MR) is 65.9 cm³/mol. The molecule has 1 unspecified atom stereocenters. The van der Waals surface area contributed by atoms with Crippen molar-refractivity contribution in [2.45, 2.75) is 71.1 Å². The second-order valence-corrected chi connectivity index (χ2v) is 5.28. The summed E-state index contributed by atoms with van der Waals surface area (Å²) in [7, 11) is 0. The first-order valence-electron chi connectivity index (χ1n) is 6.97.